The summed E-state index contributed by atoms with van der Waals surface area (Å²) in [4.78, 5) is 0. The van der Waals surface area contributed by atoms with Crippen LogP contribution >= 0.6 is 0 Å². The Balaban J connectivity index is 3.00. The van der Waals surface area contributed by atoms with E-state index in [9.17, 15) is 4.39 Å². The fraction of sp³-hybridized carbons (Fsp3) is 0.222. The zero-order valence-electron chi connectivity index (χ0n) is 6.71. The quantitative estimate of drug-likeness (QED) is 0.710. The molecule has 0 aliphatic rings. The molecule has 2 N–H and O–H groups in total. The molecule has 2 nitrogen and oxygen atoms in total. The Labute approximate surface area is 70.3 Å². The van der Waals surface area contributed by atoms with Gasteiger partial charge in [-0.2, -0.15) is 0 Å². The van der Waals surface area contributed by atoms with Gasteiger partial charge in [-0.3, -0.25) is 4.39 Å². The van der Waals surface area contributed by atoms with Crippen molar-refractivity contribution in [3.8, 4) is 11.5 Å². The Hall–Kier alpha value is -1.25. The highest BCUT2D eigenvalue weighted by molar-refractivity contribution is 5.42. The molecular formula is C9H10FO2. The first-order chi connectivity index (χ1) is 5.63. The van der Waals surface area contributed by atoms with Crippen LogP contribution in [0.25, 0.3) is 0 Å². The van der Waals surface area contributed by atoms with E-state index in [4.69, 9.17) is 10.2 Å². The van der Waals surface area contributed by atoms with E-state index in [-0.39, 0.29) is 11.5 Å². The first-order valence-electron chi connectivity index (χ1n) is 3.55. The summed E-state index contributed by atoms with van der Waals surface area (Å²) in [6, 6.07) is 4.03. The summed E-state index contributed by atoms with van der Waals surface area (Å²) in [6.07, 6.45) is 0. The summed E-state index contributed by atoms with van der Waals surface area (Å²) in [5, 5.41) is 18.1. The van der Waals surface area contributed by atoms with E-state index >= 15 is 0 Å². The molecule has 0 amide bonds. The van der Waals surface area contributed by atoms with Gasteiger partial charge in [-0.15, -0.1) is 0 Å². The van der Waals surface area contributed by atoms with Crippen molar-refractivity contribution in [2.45, 2.75) is 6.92 Å². The van der Waals surface area contributed by atoms with Crippen molar-refractivity contribution < 1.29 is 14.6 Å². The van der Waals surface area contributed by atoms with Crippen LogP contribution in [-0.4, -0.2) is 16.9 Å². The predicted octanol–water partition coefficient (Wildman–Crippen LogP) is 2.01. The number of aromatic hydroxyl groups is 2. The molecule has 0 saturated carbocycles. The molecule has 0 bridgehead atoms. The number of hydrogen-bond acceptors (Lipinski definition) is 2. The van der Waals surface area contributed by atoms with Gasteiger partial charge in [-0.25, -0.2) is 0 Å². The number of phenolic OH excluding ortho intramolecular Hbond substituents is 2. The maximum Gasteiger partial charge on any atom is 0.119 e. The SMILES string of the molecule is C[C](CF)c1cc(O)cc(O)c1. The van der Waals surface area contributed by atoms with Crippen LogP contribution in [0.1, 0.15) is 12.5 Å². The summed E-state index contributed by atoms with van der Waals surface area (Å²) in [5.74, 6) is 0.372. The molecule has 0 fully saturated rings. The Morgan fingerprint density at radius 1 is 1.25 bits per heavy atom. The molecule has 0 unspecified atom stereocenters. The molecule has 0 heterocycles. The molecule has 1 aromatic rings. The van der Waals surface area contributed by atoms with Gasteiger partial charge in [0.25, 0.3) is 0 Å². The van der Waals surface area contributed by atoms with Gasteiger partial charge >= 0.3 is 0 Å². The van der Waals surface area contributed by atoms with E-state index in [1.807, 2.05) is 0 Å². The highest BCUT2D eigenvalue weighted by Crippen LogP contribution is 2.25. The largest absolute Gasteiger partial charge is 0.508 e. The number of phenols is 2. The third-order valence-corrected chi connectivity index (χ3v) is 1.60. The molecule has 0 aliphatic heterocycles. The van der Waals surface area contributed by atoms with E-state index < -0.39 is 6.67 Å². The zero-order valence-corrected chi connectivity index (χ0v) is 6.71. The average Bonchev–Trinajstić information content (AvgIpc) is 2.01. The van der Waals surface area contributed by atoms with Crippen LogP contribution in [-0.2, 0) is 0 Å². The van der Waals surface area contributed by atoms with Gasteiger partial charge in [0.1, 0.15) is 11.5 Å². The van der Waals surface area contributed by atoms with E-state index in [2.05, 4.69) is 0 Å². The fourth-order valence-corrected chi connectivity index (χ4v) is 0.919. The minimum atomic E-state index is -0.580. The van der Waals surface area contributed by atoms with Crippen LogP contribution in [0.15, 0.2) is 18.2 Å². The maximum atomic E-state index is 12.1. The molecule has 0 saturated heterocycles. The zero-order chi connectivity index (χ0) is 9.14. The van der Waals surface area contributed by atoms with Gasteiger partial charge < -0.3 is 10.2 Å². The smallest absolute Gasteiger partial charge is 0.119 e. The van der Waals surface area contributed by atoms with Gasteiger partial charge in [0.05, 0.1) is 6.67 Å². The van der Waals surface area contributed by atoms with Crippen LogP contribution in [0.4, 0.5) is 4.39 Å². The van der Waals surface area contributed by atoms with Crippen LogP contribution in [0, 0.1) is 5.92 Å². The number of benzene rings is 1. The Kier molecular flexibility index (Phi) is 2.53. The van der Waals surface area contributed by atoms with Gasteiger partial charge in [0, 0.05) is 12.0 Å². The van der Waals surface area contributed by atoms with E-state index in [0.717, 1.165) is 0 Å². The molecular weight excluding hydrogens is 159 g/mol. The maximum absolute atomic E-state index is 12.1. The number of rotatable bonds is 2. The van der Waals surface area contributed by atoms with Crippen molar-refractivity contribution in [3.63, 3.8) is 0 Å². The van der Waals surface area contributed by atoms with Gasteiger partial charge in [-0.05, 0) is 17.7 Å². The van der Waals surface area contributed by atoms with E-state index in [0.29, 0.717) is 11.5 Å². The van der Waals surface area contributed by atoms with Crippen LogP contribution in [0.5, 0.6) is 11.5 Å². The first-order valence-corrected chi connectivity index (χ1v) is 3.55. The molecule has 1 aromatic carbocycles. The summed E-state index contributed by atoms with van der Waals surface area (Å²) in [7, 11) is 0. The van der Waals surface area contributed by atoms with Crippen molar-refractivity contribution in [1.82, 2.24) is 0 Å². The molecule has 0 atom stereocenters. The van der Waals surface area contributed by atoms with Crippen LogP contribution < -0.4 is 0 Å². The highest BCUT2D eigenvalue weighted by Gasteiger charge is 2.07. The molecule has 1 radical (unpaired) electrons. The van der Waals surface area contributed by atoms with Crippen molar-refractivity contribution in [2.24, 2.45) is 0 Å². The molecule has 0 aromatic heterocycles. The topological polar surface area (TPSA) is 40.5 Å². The number of alkyl halides is 1. The highest BCUT2D eigenvalue weighted by atomic mass is 19.1. The summed E-state index contributed by atoms with van der Waals surface area (Å²) < 4.78 is 12.1. The summed E-state index contributed by atoms with van der Waals surface area (Å²) in [6.45, 7) is 1.02. The minimum Gasteiger partial charge on any atom is -0.508 e. The van der Waals surface area contributed by atoms with E-state index in [1.165, 1.54) is 18.2 Å². The third kappa shape index (κ3) is 1.87. The number of halogens is 1. The molecule has 0 spiro atoms. The summed E-state index contributed by atoms with van der Waals surface area (Å²) >= 11 is 0. The minimum absolute atomic E-state index is 0.0576. The predicted molar refractivity (Wildman–Crippen MR) is 43.8 cm³/mol. The Morgan fingerprint density at radius 2 is 1.75 bits per heavy atom. The molecule has 1 rings (SSSR count). The normalized spacial score (nSPS) is 10.6. The van der Waals surface area contributed by atoms with Gasteiger partial charge in [-0.1, -0.05) is 6.92 Å². The monoisotopic (exact) mass is 169 g/mol. The lowest BCUT2D eigenvalue weighted by Gasteiger charge is -2.06. The summed E-state index contributed by atoms with van der Waals surface area (Å²) in [5.41, 5.74) is 0.523. The van der Waals surface area contributed by atoms with Gasteiger partial charge in [0.15, 0.2) is 0 Å². The van der Waals surface area contributed by atoms with Crippen LogP contribution in [0.3, 0.4) is 0 Å². The molecule has 3 heteroatoms. The van der Waals surface area contributed by atoms with Crippen molar-refractivity contribution in [3.05, 3.63) is 29.7 Å². The average molecular weight is 169 g/mol. The molecule has 65 valence electrons. The first kappa shape index (κ1) is 8.84. The van der Waals surface area contributed by atoms with Crippen LogP contribution in [0.2, 0.25) is 0 Å². The Morgan fingerprint density at radius 3 is 2.17 bits per heavy atom. The van der Waals surface area contributed by atoms with Gasteiger partial charge in [0.2, 0.25) is 0 Å². The number of hydrogen-bond donors (Lipinski definition) is 2. The lowest BCUT2D eigenvalue weighted by Crippen LogP contribution is -1.95. The second kappa shape index (κ2) is 3.43. The second-order valence-corrected chi connectivity index (χ2v) is 2.65. The second-order valence-electron chi connectivity index (χ2n) is 2.65. The molecule has 0 aliphatic carbocycles. The standard InChI is InChI=1S/C9H10FO2/c1-6(5-10)7-2-8(11)4-9(12)3-7/h2-4,11-12H,5H2,1H3. The molecule has 12 heavy (non-hydrogen) atoms. The van der Waals surface area contributed by atoms with Crippen molar-refractivity contribution in [2.75, 3.05) is 6.67 Å². The third-order valence-electron chi connectivity index (χ3n) is 1.60. The van der Waals surface area contributed by atoms with Crippen molar-refractivity contribution in [1.29, 1.82) is 0 Å². The van der Waals surface area contributed by atoms with E-state index in [1.54, 1.807) is 6.92 Å². The lowest BCUT2D eigenvalue weighted by atomic mass is 10.0. The Bertz CT molecular complexity index is 253. The van der Waals surface area contributed by atoms with Crippen molar-refractivity contribution >= 4 is 0 Å². The lowest BCUT2D eigenvalue weighted by molar-refractivity contribution is 0.448. The fourth-order valence-electron chi connectivity index (χ4n) is 0.919.